The Bertz CT molecular complexity index is 408. The van der Waals surface area contributed by atoms with Crippen molar-refractivity contribution in [3.05, 3.63) is 29.8 Å². The second-order valence-corrected chi connectivity index (χ2v) is 6.72. The van der Waals surface area contributed by atoms with E-state index in [1.807, 2.05) is 0 Å². The Hall–Kier alpha value is -0.980. The summed E-state index contributed by atoms with van der Waals surface area (Å²) in [6.07, 6.45) is 8.67. The molecule has 4 atom stereocenters. The molecule has 0 radical (unpaired) electrons. The van der Waals surface area contributed by atoms with E-state index in [-0.39, 0.29) is 0 Å². The van der Waals surface area contributed by atoms with E-state index in [4.69, 9.17) is 4.74 Å². The number of rotatable bonds is 2. The molecule has 19 heavy (non-hydrogen) atoms. The van der Waals surface area contributed by atoms with Crippen molar-refractivity contribution in [2.45, 2.75) is 51.4 Å². The maximum absolute atomic E-state index is 5.25. The molecule has 0 N–H and O–H groups in total. The smallest absolute Gasteiger partial charge is 0.118 e. The van der Waals surface area contributed by atoms with Gasteiger partial charge in [-0.25, -0.2) is 0 Å². The number of ether oxygens (including phenoxy) is 1. The van der Waals surface area contributed by atoms with Crippen LogP contribution in [0.15, 0.2) is 24.3 Å². The molecule has 2 aliphatic rings. The van der Waals surface area contributed by atoms with Crippen molar-refractivity contribution in [1.82, 2.24) is 0 Å². The lowest BCUT2D eigenvalue weighted by molar-refractivity contribution is 0.124. The molecule has 2 saturated carbocycles. The molecule has 0 bridgehead atoms. The van der Waals surface area contributed by atoms with E-state index in [0.29, 0.717) is 0 Å². The van der Waals surface area contributed by atoms with Crippen molar-refractivity contribution in [3.63, 3.8) is 0 Å². The van der Waals surface area contributed by atoms with Gasteiger partial charge in [0, 0.05) is 0 Å². The van der Waals surface area contributed by atoms with Crippen molar-refractivity contribution in [2.24, 2.45) is 17.8 Å². The van der Waals surface area contributed by atoms with Crippen molar-refractivity contribution in [2.75, 3.05) is 7.11 Å². The monoisotopic (exact) mass is 258 g/mol. The summed E-state index contributed by atoms with van der Waals surface area (Å²) < 4.78 is 5.25. The van der Waals surface area contributed by atoms with E-state index in [0.717, 1.165) is 29.4 Å². The molecule has 1 nitrogen and oxygen atoms in total. The summed E-state index contributed by atoms with van der Waals surface area (Å²) in [6.45, 7) is 2.44. The Labute approximate surface area is 117 Å². The van der Waals surface area contributed by atoms with Crippen LogP contribution in [-0.2, 0) is 0 Å². The van der Waals surface area contributed by atoms with Gasteiger partial charge in [-0.05, 0) is 73.5 Å². The third-order valence-corrected chi connectivity index (χ3v) is 5.46. The Morgan fingerprint density at radius 1 is 0.895 bits per heavy atom. The van der Waals surface area contributed by atoms with Crippen LogP contribution in [0.25, 0.3) is 0 Å². The fourth-order valence-corrected chi connectivity index (χ4v) is 4.30. The second-order valence-electron chi connectivity index (χ2n) is 6.72. The lowest BCUT2D eigenvalue weighted by Crippen LogP contribution is -2.29. The first-order valence-corrected chi connectivity index (χ1v) is 7.90. The van der Waals surface area contributed by atoms with Crippen LogP contribution in [-0.4, -0.2) is 7.11 Å². The fraction of sp³-hybridized carbons (Fsp3) is 0.667. The number of hydrogen-bond donors (Lipinski definition) is 0. The highest BCUT2D eigenvalue weighted by molar-refractivity contribution is 5.29. The van der Waals surface area contributed by atoms with Crippen molar-refractivity contribution < 1.29 is 4.74 Å². The van der Waals surface area contributed by atoms with Crippen molar-refractivity contribution in [3.8, 4) is 5.75 Å². The van der Waals surface area contributed by atoms with E-state index >= 15 is 0 Å². The molecule has 1 heteroatoms. The molecule has 2 aliphatic carbocycles. The van der Waals surface area contributed by atoms with Gasteiger partial charge in [-0.3, -0.25) is 0 Å². The molecule has 0 aromatic heterocycles. The SMILES string of the molecule is COc1ccc([C@@H]2CC[C@@H]3CC(C)CC[C@@H]3C2)cc1. The standard InChI is InChI=1S/C18H26O/c1-13-3-4-17-12-16(6-5-15(17)11-13)14-7-9-18(19-2)10-8-14/h7-10,13,15-17H,3-6,11-12H2,1-2H3/t13?,15-,16-,17-/m1/s1. The van der Waals surface area contributed by atoms with Gasteiger partial charge in [0.05, 0.1) is 7.11 Å². The maximum atomic E-state index is 5.25. The third kappa shape index (κ3) is 2.80. The van der Waals surface area contributed by atoms with Crippen LogP contribution in [0.2, 0.25) is 0 Å². The first-order chi connectivity index (χ1) is 9.26. The Balaban J connectivity index is 1.67. The number of methoxy groups -OCH3 is 1. The maximum Gasteiger partial charge on any atom is 0.118 e. The minimum absolute atomic E-state index is 0.792. The summed E-state index contributed by atoms with van der Waals surface area (Å²) in [5.41, 5.74) is 1.53. The summed E-state index contributed by atoms with van der Waals surface area (Å²) in [6, 6.07) is 8.78. The highest BCUT2D eigenvalue weighted by Crippen LogP contribution is 2.47. The Morgan fingerprint density at radius 3 is 2.32 bits per heavy atom. The molecule has 1 aromatic carbocycles. The molecular weight excluding hydrogens is 232 g/mol. The Kier molecular flexibility index (Phi) is 3.81. The number of fused-ring (bicyclic) bond motifs is 1. The van der Waals surface area contributed by atoms with Gasteiger partial charge in [0.15, 0.2) is 0 Å². The highest BCUT2D eigenvalue weighted by atomic mass is 16.5. The Morgan fingerprint density at radius 2 is 1.58 bits per heavy atom. The molecular formula is C18H26O. The van der Waals surface area contributed by atoms with Gasteiger partial charge in [0.25, 0.3) is 0 Å². The molecule has 2 fully saturated rings. The quantitative estimate of drug-likeness (QED) is 0.724. The van der Waals surface area contributed by atoms with Crippen molar-refractivity contribution in [1.29, 1.82) is 0 Å². The summed E-state index contributed by atoms with van der Waals surface area (Å²) in [4.78, 5) is 0. The van der Waals surface area contributed by atoms with Gasteiger partial charge < -0.3 is 4.74 Å². The van der Waals surface area contributed by atoms with Crippen LogP contribution in [0.1, 0.15) is 56.9 Å². The fourth-order valence-electron chi connectivity index (χ4n) is 4.30. The molecule has 3 rings (SSSR count). The molecule has 0 saturated heterocycles. The van der Waals surface area contributed by atoms with Gasteiger partial charge >= 0.3 is 0 Å². The molecule has 0 amide bonds. The lowest BCUT2D eigenvalue weighted by atomic mass is 9.64. The van der Waals surface area contributed by atoms with E-state index in [1.165, 1.54) is 44.1 Å². The van der Waals surface area contributed by atoms with E-state index in [1.54, 1.807) is 7.11 Å². The first-order valence-electron chi connectivity index (χ1n) is 7.90. The number of hydrogen-bond acceptors (Lipinski definition) is 1. The largest absolute Gasteiger partial charge is 0.497 e. The molecule has 0 aliphatic heterocycles. The zero-order valence-corrected chi connectivity index (χ0v) is 12.3. The van der Waals surface area contributed by atoms with Crippen LogP contribution in [0, 0.1) is 17.8 Å². The predicted molar refractivity (Wildman–Crippen MR) is 79.6 cm³/mol. The summed E-state index contributed by atoms with van der Waals surface area (Å²) in [5, 5.41) is 0. The summed E-state index contributed by atoms with van der Waals surface area (Å²) >= 11 is 0. The van der Waals surface area contributed by atoms with E-state index < -0.39 is 0 Å². The van der Waals surface area contributed by atoms with E-state index in [2.05, 4.69) is 31.2 Å². The zero-order chi connectivity index (χ0) is 13.2. The normalized spacial score (nSPS) is 34.6. The van der Waals surface area contributed by atoms with Gasteiger partial charge in [-0.1, -0.05) is 25.5 Å². The van der Waals surface area contributed by atoms with Crippen LogP contribution in [0.5, 0.6) is 5.75 Å². The minimum Gasteiger partial charge on any atom is -0.497 e. The van der Waals surface area contributed by atoms with Crippen LogP contribution < -0.4 is 4.74 Å². The number of benzene rings is 1. The molecule has 0 spiro atoms. The minimum atomic E-state index is 0.792. The molecule has 0 heterocycles. The topological polar surface area (TPSA) is 9.23 Å². The average Bonchev–Trinajstić information content (AvgIpc) is 2.47. The third-order valence-electron chi connectivity index (χ3n) is 5.46. The van der Waals surface area contributed by atoms with Gasteiger partial charge in [0.2, 0.25) is 0 Å². The van der Waals surface area contributed by atoms with Gasteiger partial charge in [-0.15, -0.1) is 0 Å². The predicted octanol–water partition coefficient (Wildman–Crippen LogP) is 5.02. The van der Waals surface area contributed by atoms with Gasteiger partial charge in [-0.2, -0.15) is 0 Å². The van der Waals surface area contributed by atoms with Gasteiger partial charge in [0.1, 0.15) is 5.75 Å². The molecule has 1 aromatic rings. The van der Waals surface area contributed by atoms with E-state index in [9.17, 15) is 0 Å². The van der Waals surface area contributed by atoms with Crippen LogP contribution in [0.4, 0.5) is 0 Å². The first kappa shape index (κ1) is 13.0. The zero-order valence-electron chi connectivity index (χ0n) is 12.3. The lowest BCUT2D eigenvalue weighted by Gasteiger charge is -2.41. The summed E-state index contributed by atoms with van der Waals surface area (Å²) in [5.74, 6) is 4.76. The van der Waals surface area contributed by atoms with Crippen LogP contribution in [0.3, 0.4) is 0 Å². The van der Waals surface area contributed by atoms with Crippen molar-refractivity contribution >= 4 is 0 Å². The average molecular weight is 258 g/mol. The summed E-state index contributed by atoms with van der Waals surface area (Å²) in [7, 11) is 1.74. The second kappa shape index (κ2) is 5.56. The molecule has 1 unspecified atom stereocenters. The van der Waals surface area contributed by atoms with Crippen LogP contribution >= 0.6 is 0 Å². The molecule has 104 valence electrons. The highest BCUT2D eigenvalue weighted by Gasteiger charge is 2.34.